The lowest BCUT2D eigenvalue weighted by Crippen LogP contribution is -2.49. The van der Waals surface area contributed by atoms with E-state index in [2.05, 4.69) is 29.6 Å². The first-order chi connectivity index (χ1) is 20.6. The molecule has 1 aliphatic carbocycles. The zero-order valence-corrected chi connectivity index (χ0v) is 25.7. The van der Waals surface area contributed by atoms with Gasteiger partial charge >= 0.3 is 0 Å². The summed E-state index contributed by atoms with van der Waals surface area (Å²) >= 11 is 0. The number of phenols is 1. The molecule has 0 bridgehead atoms. The molecule has 7 nitrogen and oxygen atoms in total. The van der Waals surface area contributed by atoms with E-state index in [1.807, 2.05) is 38.1 Å². The second-order valence-corrected chi connectivity index (χ2v) is 11.9. The highest BCUT2D eigenvalue weighted by molar-refractivity contribution is 6.00. The lowest BCUT2D eigenvalue weighted by molar-refractivity contribution is -0.135. The smallest absolute Gasteiger partial charge is 0.264 e. The van der Waals surface area contributed by atoms with E-state index in [0.717, 1.165) is 32.0 Å². The van der Waals surface area contributed by atoms with Gasteiger partial charge in [-0.25, -0.2) is 0 Å². The van der Waals surface area contributed by atoms with Crippen molar-refractivity contribution in [2.75, 3.05) is 6.54 Å². The third-order valence-corrected chi connectivity index (χ3v) is 8.92. The van der Waals surface area contributed by atoms with Gasteiger partial charge in [0.2, 0.25) is 0 Å². The summed E-state index contributed by atoms with van der Waals surface area (Å²) in [5, 5.41) is 12.2. The highest BCUT2D eigenvalue weighted by Crippen LogP contribution is 2.45. The summed E-state index contributed by atoms with van der Waals surface area (Å²) < 4.78 is 12.2. The van der Waals surface area contributed by atoms with Crippen LogP contribution in [0.1, 0.15) is 94.1 Å². The van der Waals surface area contributed by atoms with E-state index >= 15 is 0 Å². The van der Waals surface area contributed by atoms with Gasteiger partial charge in [0.05, 0.1) is 6.54 Å². The molecule has 228 valence electrons. The number of hydrogen-bond acceptors (Lipinski definition) is 6. The Kier molecular flexibility index (Phi) is 9.95. The Morgan fingerprint density at radius 1 is 0.814 bits per heavy atom. The predicted molar refractivity (Wildman–Crippen MR) is 167 cm³/mol. The number of benzene rings is 3. The van der Waals surface area contributed by atoms with Crippen LogP contribution >= 0.6 is 0 Å². The summed E-state index contributed by atoms with van der Waals surface area (Å²) in [4.78, 5) is 37.2. The summed E-state index contributed by atoms with van der Waals surface area (Å²) in [6.45, 7) is 7.16. The van der Waals surface area contributed by atoms with Crippen molar-refractivity contribution in [2.45, 2.75) is 89.3 Å². The summed E-state index contributed by atoms with van der Waals surface area (Å²) in [5.74, 6) is 0.709. The van der Waals surface area contributed by atoms with Gasteiger partial charge in [0, 0.05) is 11.0 Å². The third-order valence-electron chi connectivity index (χ3n) is 8.92. The van der Waals surface area contributed by atoms with Gasteiger partial charge in [0.15, 0.2) is 23.3 Å². The number of Topliss-reactive ketones (excluding diaryl/α,β-unsaturated/α-hetero) is 1. The van der Waals surface area contributed by atoms with Gasteiger partial charge in [-0.3, -0.25) is 14.4 Å². The van der Waals surface area contributed by atoms with Crippen LogP contribution in [0.3, 0.4) is 0 Å². The van der Waals surface area contributed by atoms with Crippen LogP contribution in [0.15, 0.2) is 72.8 Å². The number of rotatable bonds is 13. The van der Waals surface area contributed by atoms with E-state index in [0.29, 0.717) is 29.9 Å². The largest absolute Gasteiger partial charge is 0.508 e. The molecule has 2 N–H and O–H groups in total. The maximum Gasteiger partial charge on any atom is 0.264 e. The fourth-order valence-corrected chi connectivity index (χ4v) is 5.67. The van der Waals surface area contributed by atoms with E-state index in [1.54, 1.807) is 13.8 Å². The fourth-order valence-electron chi connectivity index (χ4n) is 5.67. The Hall–Kier alpha value is -4.13. The number of ether oxygens (including phenoxy) is 2. The average molecular weight is 586 g/mol. The SMILES string of the molecule is CCC(C)(C=O)Oc1ccc(C2(c3ccc(OC(C)(CC)C(=O)NCC(=O)c4ccc(O)cc4)cc3)CCCCC2)cc1. The highest BCUT2D eigenvalue weighted by atomic mass is 16.5. The Balaban J connectivity index is 1.48. The Morgan fingerprint density at radius 3 is 1.84 bits per heavy atom. The molecule has 1 amide bonds. The van der Waals surface area contributed by atoms with E-state index in [1.165, 1.54) is 41.8 Å². The molecule has 43 heavy (non-hydrogen) atoms. The minimum absolute atomic E-state index is 0.0751. The molecule has 2 atom stereocenters. The van der Waals surface area contributed by atoms with Gasteiger partial charge in [-0.2, -0.15) is 0 Å². The molecule has 4 rings (SSSR count). The monoisotopic (exact) mass is 585 g/mol. The van der Waals surface area contributed by atoms with Crippen molar-refractivity contribution in [2.24, 2.45) is 0 Å². The molecule has 3 aromatic rings. The number of phenolic OH excluding ortho intramolecular Hbond substituents is 1. The molecule has 2 unspecified atom stereocenters. The van der Waals surface area contributed by atoms with Crippen LogP contribution in [0.5, 0.6) is 17.2 Å². The summed E-state index contributed by atoms with van der Waals surface area (Å²) in [5.41, 5.74) is 0.672. The lowest BCUT2D eigenvalue weighted by Gasteiger charge is -2.39. The molecule has 0 aromatic heterocycles. The number of hydrogen-bond donors (Lipinski definition) is 2. The van der Waals surface area contributed by atoms with Crippen LogP contribution in [0, 0.1) is 0 Å². The van der Waals surface area contributed by atoms with Crippen LogP contribution in [-0.2, 0) is 15.0 Å². The molecule has 0 aliphatic heterocycles. The van der Waals surface area contributed by atoms with Gasteiger partial charge in [0.25, 0.3) is 5.91 Å². The van der Waals surface area contributed by atoms with Gasteiger partial charge in [-0.15, -0.1) is 0 Å². The van der Waals surface area contributed by atoms with Crippen molar-refractivity contribution < 1.29 is 29.0 Å². The van der Waals surface area contributed by atoms with E-state index in [4.69, 9.17) is 9.47 Å². The number of nitrogens with one attached hydrogen (secondary N) is 1. The summed E-state index contributed by atoms with van der Waals surface area (Å²) in [7, 11) is 0. The summed E-state index contributed by atoms with van der Waals surface area (Å²) in [6.07, 6.45) is 7.38. The second kappa shape index (κ2) is 13.4. The van der Waals surface area contributed by atoms with Crippen LogP contribution in [0.25, 0.3) is 0 Å². The standard InChI is InChI=1S/C36H43NO6/c1-5-34(3,25-38)42-30-18-12-27(13-19-30)36(22-8-7-9-23-36)28-14-20-31(21-15-28)43-35(4,6-2)33(41)37-24-32(40)26-10-16-29(39)17-11-26/h10-21,25,39H,5-9,22-24H2,1-4H3,(H,37,41). The van der Waals surface area contributed by atoms with Crippen LogP contribution in [-0.4, -0.2) is 40.8 Å². The molecule has 3 aromatic carbocycles. The Bertz CT molecular complexity index is 1390. The Morgan fingerprint density at radius 2 is 1.35 bits per heavy atom. The quantitative estimate of drug-likeness (QED) is 0.167. The third kappa shape index (κ3) is 7.27. The molecule has 7 heteroatoms. The Labute approximate surface area is 254 Å². The van der Waals surface area contributed by atoms with Crippen molar-refractivity contribution >= 4 is 18.0 Å². The van der Waals surface area contributed by atoms with Crippen molar-refractivity contribution in [1.82, 2.24) is 5.32 Å². The number of ketones is 1. The number of aromatic hydroxyl groups is 1. The molecule has 1 aliphatic rings. The first-order valence-electron chi connectivity index (χ1n) is 15.2. The maximum absolute atomic E-state index is 13.1. The van der Waals surface area contributed by atoms with Crippen LogP contribution < -0.4 is 14.8 Å². The van der Waals surface area contributed by atoms with Crippen molar-refractivity contribution in [1.29, 1.82) is 0 Å². The highest BCUT2D eigenvalue weighted by Gasteiger charge is 2.37. The average Bonchev–Trinajstić information content (AvgIpc) is 3.04. The zero-order valence-electron chi connectivity index (χ0n) is 25.7. The number of amides is 1. The minimum atomic E-state index is -1.16. The topological polar surface area (TPSA) is 102 Å². The molecule has 1 fully saturated rings. The lowest BCUT2D eigenvalue weighted by atomic mass is 9.65. The molecular formula is C36H43NO6. The molecule has 0 saturated heterocycles. The zero-order chi connectivity index (χ0) is 31.1. The summed E-state index contributed by atoms with van der Waals surface area (Å²) in [6, 6.07) is 22.1. The molecular weight excluding hydrogens is 542 g/mol. The first-order valence-corrected chi connectivity index (χ1v) is 15.2. The fraction of sp³-hybridized carbons (Fsp3) is 0.417. The first kappa shape index (κ1) is 31.8. The normalized spacial score (nSPS) is 17.1. The molecule has 0 heterocycles. The van der Waals surface area contributed by atoms with Crippen LogP contribution in [0.4, 0.5) is 0 Å². The predicted octanol–water partition coefficient (Wildman–Crippen LogP) is 6.94. The van der Waals surface area contributed by atoms with Gasteiger partial charge in [-0.05, 0) is 99.2 Å². The number of carbonyl (C=O) groups is 3. The molecule has 1 saturated carbocycles. The van der Waals surface area contributed by atoms with E-state index < -0.39 is 11.2 Å². The molecule has 0 radical (unpaired) electrons. The van der Waals surface area contributed by atoms with Crippen molar-refractivity contribution in [3.63, 3.8) is 0 Å². The van der Waals surface area contributed by atoms with Gasteiger partial charge in [-0.1, -0.05) is 57.4 Å². The second-order valence-electron chi connectivity index (χ2n) is 11.9. The number of carbonyl (C=O) groups excluding carboxylic acids is 3. The van der Waals surface area contributed by atoms with Crippen molar-refractivity contribution in [3.8, 4) is 17.2 Å². The van der Waals surface area contributed by atoms with Crippen molar-refractivity contribution in [3.05, 3.63) is 89.5 Å². The molecule has 0 spiro atoms. The van der Waals surface area contributed by atoms with Gasteiger partial charge in [0.1, 0.15) is 17.2 Å². The van der Waals surface area contributed by atoms with E-state index in [-0.39, 0.29) is 29.4 Å². The van der Waals surface area contributed by atoms with E-state index in [9.17, 15) is 19.5 Å². The van der Waals surface area contributed by atoms with Crippen LogP contribution in [0.2, 0.25) is 0 Å². The minimum Gasteiger partial charge on any atom is -0.508 e. The maximum atomic E-state index is 13.1. The van der Waals surface area contributed by atoms with Gasteiger partial charge < -0.3 is 19.9 Å². The number of aldehydes is 1.